The topological polar surface area (TPSA) is 88.1 Å². The SMILES string of the molecule is CN(CC(=O)O)CC(=O)Nc1ccc2c(c1)OCO2. The van der Waals surface area contributed by atoms with Crippen LogP contribution >= 0.6 is 0 Å². The van der Waals surface area contributed by atoms with Gasteiger partial charge in [-0.2, -0.15) is 0 Å². The zero-order valence-corrected chi connectivity index (χ0v) is 10.4. The van der Waals surface area contributed by atoms with Crippen LogP contribution in [0.3, 0.4) is 0 Å². The molecular weight excluding hydrogens is 252 g/mol. The number of likely N-dealkylation sites (N-methyl/N-ethyl adjacent to an activating group) is 1. The van der Waals surface area contributed by atoms with Crippen LogP contribution in [0, 0.1) is 0 Å². The minimum atomic E-state index is -0.974. The van der Waals surface area contributed by atoms with Crippen LogP contribution in [-0.4, -0.2) is 48.8 Å². The number of ether oxygens (including phenoxy) is 2. The molecule has 0 aromatic heterocycles. The maximum Gasteiger partial charge on any atom is 0.317 e. The number of carboxylic acids is 1. The fourth-order valence-electron chi connectivity index (χ4n) is 1.71. The van der Waals surface area contributed by atoms with Crippen LogP contribution in [-0.2, 0) is 9.59 Å². The Hall–Kier alpha value is -2.28. The fraction of sp³-hybridized carbons (Fsp3) is 0.333. The van der Waals surface area contributed by atoms with Crippen LogP contribution in [0.25, 0.3) is 0 Å². The summed E-state index contributed by atoms with van der Waals surface area (Å²) in [6, 6.07) is 5.07. The summed E-state index contributed by atoms with van der Waals surface area (Å²) >= 11 is 0. The number of rotatable bonds is 5. The number of aliphatic carboxylic acids is 1. The average molecular weight is 266 g/mol. The Morgan fingerprint density at radius 2 is 2.05 bits per heavy atom. The number of anilines is 1. The van der Waals surface area contributed by atoms with Crippen LogP contribution < -0.4 is 14.8 Å². The van der Waals surface area contributed by atoms with Crippen molar-refractivity contribution in [1.29, 1.82) is 0 Å². The number of carbonyl (C=O) groups is 2. The molecule has 1 aliphatic rings. The third-order valence-corrected chi connectivity index (χ3v) is 2.48. The van der Waals surface area contributed by atoms with Gasteiger partial charge in [-0.15, -0.1) is 0 Å². The number of carbonyl (C=O) groups excluding carboxylic acids is 1. The predicted octanol–water partition coefficient (Wildman–Crippen LogP) is 0.370. The molecule has 0 saturated carbocycles. The van der Waals surface area contributed by atoms with E-state index in [2.05, 4.69) is 5.32 Å². The Labute approximate surface area is 109 Å². The fourth-order valence-corrected chi connectivity index (χ4v) is 1.71. The van der Waals surface area contributed by atoms with Crippen LogP contribution in [0.2, 0.25) is 0 Å². The van der Waals surface area contributed by atoms with Crippen molar-refractivity contribution in [2.24, 2.45) is 0 Å². The molecular formula is C12H14N2O5. The second-order valence-corrected chi connectivity index (χ2v) is 4.18. The average Bonchev–Trinajstić information content (AvgIpc) is 2.74. The second-order valence-electron chi connectivity index (χ2n) is 4.18. The third kappa shape index (κ3) is 3.59. The Morgan fingerprint density at radius 1 is 1.32 bits per heavy atom. The first-order valence-electron chi connectivity index (χ1n) is 5.64. The van der Waals surface area contributed by atoms with Gasteiger partial charge in [0.15, 0.2) is 11.5 Å². The molecule has 0 fully saturated rings. The number of fused-ring (bicyclic) bond motifs is 1. The Bertz CT molecular complexity index is 503. The molecule has 0 unspecified atom stereocenters. The number of nitrogens with zero attached hydrogens (tertiary/aromatic N) is 1. The summed E-state index contributed by atoms with van der Waals surface area (Å²) < 4.78 is 10.4. The van der Waals surface area contributed by atoms with Crippen molar-refractivity contribution in [2.75, 3.05) is 32.2 Å². The minimum absolute atomic E-state index is 0.000736. The van der Waals surface area contributed by atoms with E-state index in [0.29, 0.717) is 17.2 Å². The largest absolute Gasteiger partial charge is 0.480 e. The number of benzene rings is 1. The predicted molar refractivity (Wildman–Crippen MR) is 66.3 cm³/mol. The van der Waals surface area contributed by atoms with Gasteiger partial charge < -0.3 is 19.9 Å². The molecule has 1 amide bonds. The quantitative estimate of drug-likeness (QED) is 0.800. The first kappa shape index (κ1) is 13.2. The maximum absolute atomic E-state index is 11.7. The lowest BCUT2D eigenvalue weighted by molar-refractivity contribution is -0.138. The molecule has 7 nitrogen and oxygen atoms in total. The molecule has 1 aliphatic heterocycles. The van der Waals surface area contributed by atoms with Crippen LogP contribution in [0.4, 0.5) is 5.69 Å². The van der Waals surface area contributed by atoms with Gasteiger partial charge in [0.2, 0.25) is 12.7 Å². The van der Waals surface area contributed by atoms with E-state index in [1.807, 2.05) is 0 Å². The van der Waals surface area contributed by atoms with Crippen LogP contribution in [0.1, 0.15) is 0 Å². The highest BCUT2D eigenvalue weighted by atomic mass is 16.7. The van der Waals surface area contributed by atoms with Crippen molar-refractivity contribution >= 4 is 17.6 Å². The van der Waals surface area contributed by atoms with Crippen molar-refractivity contribution in [3.8, 4) is 11.5 Å². The molecule has 2 rings (SSSR count). The molecule has 0 saturated heterocycles. The third-order valence-electron chi connectivity index (χ3n) is 2.48. The van der Waals surface area contributed by atoms with E-state index in [0.717, 1.165) is 0 Å². The molecule has 0 bridgehead atoms. The second kappa shape index (κ2) is 5.57. The number of hydrogen-bond donors (Lipinski definition) is 2. The van der Waals surface area contributed by atoms with Gasteiger partial charge in [-0.25, -0.2) is 0 Å². The molecule has 1 aromatic rings. The van der Waals surface area contributed by atoms with Gasteiger partial charge in [-0.05, 0) is 19.2 Å². The molecule has 0 aliphatic carbocycles. The van der Waals surface area contributed by atoms with E-state index in [9.17, 15) is 9.59 Å². The summed E-state index contributed by atoms with van der Waals surface area (Å²) in [6.45, 7) is -0.0105. The molecule has 2 N–H and O–H groups in total. The molecule has 0 spiro atoms. The summed E-state index contributed by atoms with van der Waals surface area (Å²) in [7, 11) is 1.56. The molecule has 102 valence electrons. The number of hydrogen-bond acceptors (Lipinski definition) is 5. The normalized spacial score (nSPS) is 12.5. The van der Waals surface area contributed by atoms with E-state index in [4.69, 9.17) is 14.6 Å². The Kier molecular flexibility index (Phi) is 3.86. The monoisotopic (exact) mass is 266 g/mol. The first-order chi connectivity index (χ1) is 9.04. The van der Waals surface area contributed by atoms with Crippen molar-refractivity contribution in [1.82, 2.24) is 4.90 Å². The van der Waals surface area contributed by atoms with Gasteiger partial charge in [-0.3, -0.25) is 14.5 Å². The molecule has 19 heavy (non-hydrogen) atoms. The molecule has 0 atom stereocenters. The smallest absolute Gasteiger partial charge is 0.317 e. The van der Waals surface area contributed by atoms with E-state index in [1.165, 1.54) is 4.90 Å². The summed E-state index contributed by atoms with van der Waals surface area (Å²) in [5.74, 6) is -0.0429. The van der Waals surface area contributed by atoms with Crippen molar-refractivity contribution in [3.05, 3.63) is 18.2 Å². The van der Waals surface area contributed by atoms with E-state index >= 15 is 0 Å². The van der Waals surface area contributed by atoms with Crippen LogP contribution in [0.15, 0.2) is 18.2 Å². The first-order valence-corrected chi connectivity index (χ1v) is 5.64. The van der Waals surface area contributed by atoms with Gasteiger partial charge in [0.1, 0.15) is 0 Å². The highest BCUT2D eigenvalue weighted by Crippen LogP contribution is 2.34. The minimum Gasteiger partial charge on any atom is -0.480 e. The lowest BCUT2D eigenvalue weighted by Gasteiger charge is -2.13. The van der Waals surface area contributed by atoms with E-state index in [1.54, 1.807) is 25.2 Å². The van der Waals surface area contributed by atoms with Crippen molar-refractivity contribution in [3.63, 3.8) is 0 Å². The van der Waals surface area contributed by atoms with Crippen molar-refractivity contribution in [2.45, 2.75) is 0 Å². The zero-order chi connectivity index (χ0) is 13.8. The number of nitrogens with one attached hydrogen (secondary N) is 1. The van der Waals surface area contributed by atoms with Gasteiger partial charge in [0, 0.05) is 11.8 Å². The molecule has 1 heterocycles. The molecule has 1 aromatic carbocycles. The van der Waals surface area contributed by atoms with Crippen molar-refractivity contribution < 1.29 is 24.2 Å². The highest BCUT2D eigenvalue weighted by Gasteiger charge is 2.15. The van der Waals surface area contributed by atoms with Gasteiger partial charge in [-0.1, -0.05) is 0 Å². The zero-order valence-electron chi connectivity index (χ0n) is 10.4. The summed E-state index contributed by atoms with van der Waals surface area (Å²) in [4.78, 5) is 23.6. The van der Waals surface area contributed by atoms with E-state index in [-0.39, 0.29) is 25.8 Å². The standard InChI is InChI=1S/C12H14N2O5/c1-14(6-12(16)17)5-11(15)13-8-2-3-9-10(4-8)19-7-18-9/h2-4H,5-7H2,1H3,(H,13,15)(H,16,17). The van der Waals surface area contributed by atoms with Gasteiger partial charge in [0.25, 0.3) is 0 Å². The summed E-state index contributed by atoms with van der Waals surface area (Å²) in [5.41, 5.74) is 0.581. The molecule has 0 radical (unpaired) electrons. The van der Waals surface area contributed by atoms with Gasteiger partial charge in [0.05, 0.1) is 13.1 Å². The Balaban J connectivity index is 1.90. The number of carboxylic acid groups (broad SMARTS) is 1. The molecule has 7 heteroatoms. The maximum atomic E-state index is 11.7. The number of amides is 1. The van der Waals surface area contributed by atoms with E-state index < -0.39 is 5.97 Å². The summed E-state index contributed by atoms with van der Waals surface area (Å²) in [6.07, 6.45) is 0. The van der Waals surface area contributed by atoms with Gasteiger partial charge >= 0.3 is 5.97 Å². The summed E-state index contributed by atoms with van der Waals surface area (Å²) in [5, 5.41) is 11.3. The lowest BCUT2D eigenvalue weighted by atomic mass is 10.2. The Morgan fingerprint density at radius 3 is 2.79 bits per heavy atom. The lowest BCUT2D eigenvalue weighted by Crippen LogP contribution is -2.33. The van der Waals surface area contributed by atoms with Crippen LogP contribution in [0.5, 0.6) is 11.5 Å². The highest BCUT2D eigenvalue weighted by molar-refractivity contribution is 5.92.